The molecule has 0 amide bonds. The Morgan fingerprint density at radius 2 is 2.06 bits per heavy atom. The molecule has 2 aliphatic rings. The maximum atomic E-state index is 9.37. The monoisotopic (exact) mass is 241 g/mol. The summed E-state index contributed by atoms with van der Waals surface area (Å²) in [6.45, 7) is 5.12. The third kappa shape index (κ3) is 2.20. The van der Waals surface area contributed by atoms with Crippen molar-refractivity contribution < 1.29 is 0 Å². The standard InChI is InChI=1S/C15H19N3/c1-10-7-11(2)17-15(14(10)8-16)18(13-5-6-13)9-12-3-4-12/h7,12-13H,3-6,9H2,1-2H3. The number of nitriles is 1. The third-order valence-corrected chi connectivity index (χ3v) is 3.85. The summed E-state index contributed by atoms with van der Waals surface area (Å²) in [5.74, 6) is 1.77. The highest BCUT2D eigenvalue weighted by Gasteiger charge is 2.35. The van der Waals surface area contributed by atoms with E-state index in [-0.39, 0.29) is 0 Å². The summed E-state index contributed by atoms with van der Waals surface area (Å²) < 4.78 is 0. The second-order valence-electron chi connectivity index (χ2n) is 5.72. The molecular formula is C15H19N3. The Bertz CT molecular complexity index is 507. The van der Waals surface area contributed by atoms with Crippen molar-refractivity contribution in [2.75, 3.05) is 11.4 Å². The smallest absolute Gasteiger partial charge is 0.147 e. The van der Waals surface area contributed by atoms with E-state index < -0.39 is 0 Å². The van der Waals surface area contributed by atoms with Gasteiger partial charge in [-0.2, -0.15) is 5.26 Å². The van der Waals surface area contributed by atoms with Crippen molar-refractivity contribution in [2.45, 2.75) is 45.6 Å². The van der Waals surface area contributed by atoms with E-state index in [4.69, 9.17) is 0 Å². The van der Waals surface area contributed by atoms with Crippen molar-refractivity contribution in [3.8, 4) is 6.07 Å². The Kier molecular flexibility index (Phi) is 2.74. The van der Waals surface area contributed by atoms with E-state index in [1.54, 1.807) is 0 Å². The minimum atomic E-state index is 0.631. The zero-order valence-electron chi connectivity index (χ0n) is 11.1. The number of hydrogen-bond donors (Lipinski definition) is 0. The van der Waals surface area contributed by atoms with Gasteiger partial charge in [0, 0.05) is 18.3 Å². The molecule has 3 nitrogen and oxygen atoms in total. The van der Waals surface area contributed by atoms with E-state index in [9.17, 15) is 5.26 Å². The van der Waals surface area contributed by atoms with E-state index in [1.165, 1.54) is 25.7 Å². The average Bonchev–Trinajstić information content (AvgIpc) is 3.17. The van der Waals surface area contributed by atoms with Crippen LogP contribution >= 0.6 is 0 Å². The van der Waals surface area contributed by atoms with Crippen LogP contribution in [0.15, 0.2) is 6.07 Å². The quantitative estimate of drug-likeness (QED) is 0.813. The summed E-state index contributed by atoms with van der Waals surface area (Å²) in [6.07, 6.45) is 5.20. The van der Waals surface area contributed by atoms with Crippen LogP contribution in [0.5, 0.6) is 0 Å². The summed E-state index contributed by atoms with van der Waals surface area (Å²) in [4.78, 5) is 7.05. The molecule has 0 spiro atoms. The van der Waals surface area contributed by atoms with Gasteiger partial charge in [-0.25, -0.2) is 4.98 Å². The maximum absolute atomic E-state index is 9.37. The number of rotatable bonds is 4. The van der Waals surface area contributed by atoms with Crippen molar-refractivity contribution in [2.24, 2.45) is 5.92 Å². The van der Waals surface area contributed by atoms with Gasteiger partial charge in [-0.15, -0.1) is 0 Å². The largest absolute Gasteiger partial charge is 0.352 e. The number of aromatic nitrogens is 1. The van der Waals surface area contributed by atoms with Crippen molar-refractivity contribution >= 4 is 5.82 Å². The number of anilines is 1. The molecule has 0 bridgehead atoms. The topological polar surface area (TPSA) is 39.9 Å². The van der Waals surface area contributed by atoms with Gasteiger partial charge in [0.05, 0.1) is 5.56 Å². The van der Waals surface area contributed by atoms with Crippen LogP contribution in [0.2, 0.25) is 0 Å². The highest BCUT2D eigenvalue weighted by molar-refractivity contribution is 5.59. The molecule has 1 heterocycles. The summed E-state index contributed by atoms with van der Waals surface area (Å²) in [5.41, 5.74) is 2.84. The summed E-state index contributed by atoms with van der Waals surface area (Å²) in [5, 5.41) is 9.37. The Hall–Kier alpha value is -1.56. The van der Waals surface area contributed by atoms with Crippen LogP contribution in [-0.4, -0.2) is 17.6 Å². The van der Waals surface area contributed by atoms with E-state index in [0.717, 1.165) is 35.1 Å². The van der Waals surface area contributed by atoms with Gasteiger partial charge in [0.25, 0.3) is 0 Å². The van der Waals surface area contributed by atoms with Crippen LogP contribution in [0.4, 0.5) is 5.82 Å². The molecule has 2 aliphatic carbocycles. The molecule has 18 heavy (non-hydrogen) atoms. The number of pyridine rings is 1. The Morgan fingerprint density at radius 1 is 1.33 bits per heavy atom. The average molecular weight is 241 g/mol. The lowest BCUT2D eigenvalue weighted by atomic mass is 10.1. The lowest BCUT2D eigenvalue weighted by molar-refractivity contribution is 0.706. The second kappa shape index (κ2) is 4.28. The molecule has 0 saturated heterocycles. The predicted molar refractivity (Wildman–Crippen MR) is 71.5 cm³/mol. The third-order valence-electron chi connectivity index (χ3n) is 3.85. The number of aryl methyl sites for hydroxylation is 2. The molecule has 0 radical (unpaired) electrons. The van der Waals surface area contributed by atoms with Gasteiger partial charge in [-0.05, 0) is 57.1 Å². The zero-order valence-corrected chi connectivity index (χ0v) is 11.1. The fraction of sp³-hybridized carbons (Fsp3) is 0.600. The van der Waals surface area contributed by atoms with Crippen LogP contribution in [0.1, 0.15) is 42.5 Å². The van der Waals surface area contributed by atoms with Crippen molar-refractivity contribution in [3.63, 3.8) is 0 Å². The maximum Gasteiger partial charge on any atom is 0.147 e. The van der Waals surface area contributed by atoms with Gasteiger partial charge in [0.2, 0.25) is 0 Å². The minimum absolute atomic E-state index is 0.631. The predicted octanol–water partition coefficient (Wildman–Crippen LogP) is 2.95. The van der Waals surface area contributed by atoms with E-state index in [1.807, 2.05) is 19.9 Å². The molecular weight excluding hydrogens is 222 g/mol. The van der Waals surface area contributed by atoms with Crippen LogP contribution in [0.25, 0.3) is 0 Å². The molecule has 3 rings (SSSR count). The summed E-state index contributed by atoms with van der Waals surface area (Å²) in [6, 6.07) is 4.98. The molecule has 2 saturated carbocycles. The molecule has 1 aromatic heterocycles. The molecule has 1 aromatic rings. The first-order valence-electron chi connectivity index (χ1n) is 6.84. The first-order valence-corrected chi connectivity index (χ1v) is 6.84. The summed E-state index contributed by atoms with van der Waals surface area (Å²) in [7, 11) is 0. The van der Waals surface area contributed by atoms with Crippen LogP contribution in [-0.2, 0) is 0 Å². The van der Waals surface area contributed by atoms with Gasteiger partial charge in [-0.3, -0.25) is 0 Å². The van der Waals surface area contributed by atoms with Crippen LogP contribution < -0.4 is 4.90 Å². The lowest BCUT2D eigenvalue weighted by Crippen LogP contribution is -2.30. The minimum Gasteiger partial charge on any atom is -0.352 e. The van der Waals surface area contributed by atoms with Gasteiger partial charge in [0.15, 0.2) is 0 Å². The molecule has 0 aromatic carbocycles. The molecule has 2 fully saturated rings. The summed E-state index contributed by atoms with van der Waals surface area (Å²) >= 11 is 0. The van der Waals surface area contributed by atoms with E-state index >= 15 is 0 Å². The lowest BCUT2D eigenvalue weighted by Gasteiger charge is -2.25. The van der Waals surface area contributed by atoms with E-state index in [2.05, 4.69) is 16.0 Å². The molecule has 0 unspecified atom stereocenters. The van der Waals surface area contributed by atoms with Gasteiger partial charge < -0.3 is 4.90 Å². The molecule has 0 N–H and O–H groups in total. The first kappa shape index (κ1) is 11.5. The highest BCUT2D eigenvalue weighted by Crippen LogP contribution is 2.38. The van der Waals surface area contributed by atoms with Crippen molar-refractivity contribution in [1.29, 1.82) is 5.26 Å². The van der Waals surface area contributed by atoms with E-state index in [0.29, 0.717) is 6.04 Å². The molecule has 94 valence electrons. The first-order chi connectivity index (χ1) is 8.69. The van der Waals surface area contributed by atoms with Gasteiger partial charge in [-0.1, -0.05) is 0 Å². The molecule has 0 atom stereocenters. The Balaban J connectivity index is 1.99. The molecule has 3 heteroatoms. The Morgan fingerprint density at radius 3 is 2.61 bits per heavy atom. The van der Waals surface area contributed by atoms with Gasteiger partial charge in [0.1, 0.15) is 11.9 Å². The zero-order chi connectivity index (χ0) is 12.7. The highest BCUT2D eigenvalue weighted by atomic mass is 15.2. The molecule has 0 aliphatic heterocycles. The SMILES string of the molecule is Cc1cc(C)c(C#N)c(N(CC2CC2)C2CC2)n1. The normalized spacial score (nSPS) is 18.5. The van der Waals surface area contributed by atoms with Gasteiger partial charge >= 0.3 is 0 Å². The van der Waals surface area contributed by atoms with Crippen LogP contribution in [0.3, 0.4) is 0 Å². The van der Waals surface area contributed by atoms with Crippen molar-refractivity contribution in [1.82, 2.24) is 4.98 Å². The number of hydrogen-bond acceptors (Lipinski definition) is 3. The fourth-order valence-corrected chi connectivity index (χ4v) is 2.54. The van der Waals surface area contributed by atoms with Crippen LogP contribution in [0, 0.1) is 31.1 Å². The fourth-order valence-electron chi connectivity index (χ4n) is 2.54. The second-order valence-corrected chi connectivity index (χ2v) is 5.72. The number of nitrogens with zero attached hydrogens (tertiary/aromatic N) is 3. The van der Waals surface area contributed by atoms with Crippen molar-refractivity contribution in [3.05, 3.63) is 22.9 Å². The Labute approximate surface area is 108 Å².